The van der Waals surface area contributed by atoms with Crippen LogP contribution in [0, 0.1) is 0 Å². The van der Waals surface area contributed by atoms with Gasteiger partial charge < -0.3 is 10.6 Å². The number of hydrogen-bond acceptors (Lipinski definition) is 2. The van der Waals surface area contributed by atoms with Crippen LogP contribution in [0.4, 0.5) is 11.4 Å². The Kier molecular flexibility index (Phi) is 3.96. The summed E-state index contributed by atoms with van der Waals surface area (Å²) in [7, 11) is 0. The highest BCUT2D eigenvalue weighted by atomic mass is 15.0. The quantitative estimate of drug-likeness (QED) is 0.844. The summed E-state index contributed by atoms with van der Waals surface area (Å²) >= 11 is 0. The van der Waals surface area contributed by atoms with E-state index in [1.807, 2.05) is 0 Å². The molecule has 0 aromatic heterocycles. The van der Waals surface area contributed by atoms with E-state index >= 15 is 0 Å². The fourth-order valence-electron chi connectivity index (χ4n) is 2.83. The van der Waals surface area contributed by atoms with Crippen LogP contribution in [0.2, 0.25) is 0 Å². The Labute approximate surface area is 126 Å². The minimum Gasteiger partial charge on any atom is -0.383 e. The number of anilines is 2. The molecule has 21 heavy (non-hydrogen) atoms. The molecule has 2 aromatic rings. The summed E-state index contributed by atoms with van der Waals surface area (Å²) in [4.78, 5) is 0. The first-order chi connectivity index (χ1) is 10.2. The van der Waals surface area contributed by atoms with Crippen LogP contribution in [0.3, 0.4) is 0 Å². The Morgan fingerprint density at radius 1 is 1.10 bits per heavy atom. The summed E-state index contributed by atoms with van der Waals surface area (Å²) in [5, 5.41) is 6.86. The van der Waals surface area contributed by atoms with Gasteiger partial charge in [-0.05, 0) is 35.6 Å². The van der Waals surface area contributed by atoms with Gasteiger partial charge >= 0.3 is 0 Å². The van der Waals surface area contributed by atoms with Crippen LogP contribution in [0.5, 0.6) is 0 Å². The molecule has 2 N–H and O–H groups in total. The summed E-state index contributed by atoms with van der Waals surface area (Å²) in [6, 6.07) is 17.3. The number of nitrogens with one attached hydrogen (secondary N) is 2. The standard InChI is InChI=1S/C19H22N2/c1-14(17-6-4-3-5-7-17)12-16-8-9-18-19(13-16)20-11-10-15(2)21-18/h3-9,13-14,20-21H,2,10-12H2,1H3. The topological polar surface area (TPSA) is 24.1 Å². The van der Waals surface area contributed by atoms with Gasteiger partial charge in [-0.3, -0.25) is 0 Å². The Balaban J connectivity index is 1.78. The molecule has 1 aliphatic heterocycles. The van der Waals surface area contributed by atoms with Crippen molar-refractivity contribution in [1.82, 2.24) is 0 Å². The molecule has 0 spiro atoms. The molecule has 1 atom stereocenters. The van der Waals surface area contributed by atoms with Crippen molar-refractivity contribution >= 4 is 11.4 Å². The molecule has 2 heteroatoms. The van der Waals surface area contributed by atoms with E-state index in [1.165, 1.54) is 16.8 Å². The van der Waals surface area contributed by atoms with E-state index in [0.29, 0.717) is 5.92 Å². The van der Waals surface area contributed by atoms with Gasteiger partial charge in [-0.2, -0.15) is 0 Å². The zero-order chi connectivity index (χ0) is 14.7. The van der Waals surface area contributed by atoms with Crippen LogP contribution < -0.4 is 10.6 Å². The van der Waals surface area contributed by atoms with Crippen molar-refractivity contribution in [2.24, 2.45) is 0 Å². The normalized spacial score (nSPS) is 15.4. The second kappa shape index (κ2) is 6.04. The number of fused-ring (bicyclic) bond motifs is 1. The van der Waals surface area contributed by atoms with E-state index in [9.17, 15) is 0 Å². The summed E-state index contributed by atoms with van der Waals surface area (Å²) in [6.07, 6.45) is 2.02. The molecule has 3 rings (SSSR count). The maximum absolute atomic E-state index is 4.03. The van der Waals surface area contributed by atoms with Crippen LogP contribution in [-0.2, 0) is 6.42 Å². The van der Waals surface area contributed by atoms with Crippen molar-refractivity contribution in [2.45, 2.75) is 25.7 Å². The van der Waals surface area contributed by atoms with E-state index in [1.54, 1.807) is 0 Å². The van der Waals surface area contributed by atoms with Gasteiger partial charge in [0.05, 0.1) is 11.4 Å². The minimum atomic E-state index is 0.526. The van der Waals surface area contributed by atoms with Gasteiger partial charge in [-0.25, -0.2) is 0 Å². The van der Waals surface area contributed by atoms with Crippen LogP contribution in [0.15, 0.2) is 60.8 Å². The van der Waals surface area contributed by atoms with Gasteiger partial charge in [0.15, 0.2) is 0 Å². The van der Waals surface area contributed by atoms with E-state index < -0.39 is 0 Å². The van der Waals surface area contributed by atoms with Gasteiger partial charge in [-0.1, -0.05) is 49.9 Å². The molecular formula is C19H22N2. The van der Waals surface area contributed by atoms with Crippen molar-refractivity contribution in [2.75, 3.05) is 17.2 Å². The third-order valence-corrected chi connectivity index (χ3v) is 4.05. The zero-order valence-electron chi connectivity index (χ0n) is 12.5. The molecular weight excluding hydrogens is 256 g/mol. The predicted molar refractivity (Wildman–Crippen MR) is 90.9 cm³/mol. The first-order valence-electron chi connectivity index (χ1n) is 7.59. The monoisotopic (exact) mass is 278 g/mol. The summed E-state index contributed by atoms with van der Waals surface area (Å²) in [6.45, 7) is 7.26. The molecule has 1 heterocycles. The molecule has 1 unspecified atom stereocenters. The van der Waals surface area contributed by atoms with E-state index in [-0.39, 0.29) is 0 Å². The third-order valence-electron chi connectivity index (χ3n) is 4.05. The van der Waals surface area contributed by atoms with Gasteiger partial charge in [0.1, 0.15) is 0 Å². The molecule has 0 fully saturated rings. The Morgan fingerprint density at radius 3 is 2.71 bits per heavy atom. The van der Waals surface area contributed by atoms with Gasteiger partial charge in [0, 0.05) is 18.7 Å². The Hall–Kier alpha value is -2.22. The highest BCUT2D eigenvalue weighted by molar-refractivity contribution is 5.72. The summed E-state index contributed by atoms with van der Waals surface area (Å²) in [5.74, 6) is 0.526. The molecule has 108 valence electrons. The Bertz CT molecular complexity index is 631. The van der Waals surface area contributed by atoms with Crippen LogP contribution in [0.25, 0.3) is 0 Å². The van der Waals surface area contributed by atoms with E-state index in [0.717, 1.165) is 30.8 Å². The first-order valence-corrected chi connectivity index (χ1v) is 7.59. The van der Waals surface area contributed by atoms with Crippen molar-refractivity contribution in [3.05, 3.63) is 71.9 Å². The van der Waals surface area contributed by atoms with Crippen molar-refractivity contribution in [1.29, 1.82) is 0 Å². The van der Waals surface area contributed by atoms with Crippen LogP contribution in [-0.4, -0.2) is 6.54 Å². The summed E-state index contributed by atoms with van der Waals surface area (Å²) < 4.78 is 0. The third kappa shape index (κ3) is 3.27. The van der Waals surface area contributed by atoms with Crippen molar-refractivity contribution < 1.29 is 0 Å². The molecule has 0 bridgehead atoms. The Morgan fingerprint density at radius 2 is 1.90 bits per heavy atom. The highest BCUT2D eigenvalue weighted by Gasteiger charge is 2.11. The summed E-state index contributed by atoms with van der Waals surface area (Å²) in [5.41, 5.74) is 6.16. The maximum atomic E-state index is 4.03. The SMILES string of the molecule is C=C1CCNc2cc(CC(C)c3ccccc3)ccc2N1. The predicted octanol–water partition coefficient (Wildman–Crippen LogP) is 4.77. The largest absolute Gasteiger partial charge is 0.383 e. The fourth-order valence-corrected chi connectivity index (χ4v) is 2.83. The molecule has 1 aliphatic rings. The first kappa shape index (κ1) is 13.7. The molecule has 0 radical (unpaired) electrons. The second-order valence-electron chi connectivity index (χ2n) is 5.80. The highest BCUT2D eigenvalue weighted by Crippen LogP contribution is 2.29. The van der Waals surface area contributed by atoms with Gasteiger partial charge in [-0.15, -0.1) is 0 Å². The molecule has 0 saturated heterocycles. The van der Waals surface area contributed by atoms with Crippen LogP contribution >= 0.6 is 0 Å². The molecule has 2 nitrogen and oxygen atoms in total. The molecule has 0 amide bonds. The van der Waals surface area contributed by atoms with E-state index in [4.69, 9.17) is 0 Å². The van der Waals surface area contributed by atoms with E-state index in [2.05, 4.69) is 72.7 Å². The number of benzene rings is 2. The number of hydrogen-bond donors (Lipinski definition) is 2. The number of rotatable bonds is 3. The van der Waals surface area contributed by atoms with Crippen LogP contribution in [0.1, 0.15) is 30.4 Å². The lowest BCUT2D eigenvalue weighted by molar-refractivity contribution is 0.759. The zero-order valence-corrected chi connectivity index (χ0v) is 12.5. The maximum Gasteiger partial charge on any atom is 0.0617 e. The lowest BCUT2D eigenvalue weighted by Gasteiger charge is -2.15. The average molecular weight is 278 g/mol. The average Bonchev–Trinajstić information content (AvgIpc) is 2.68. The van der Waals surface area contributed by atoms with Gasteiger partial charge in [0.25, 0.3) is 0 Å². The minimum absolute atomic E-state index is 0.526. The lowest BCUT2D eigenvalue weighted by atomic mass is 9.93. The van der Waals surface area contributed by atoms with Crippen molar-refractivity contribution in [3.8, 4) is 0 Å². The lowest BCUT2D eigenvalue weighted by Crippen LogP contribution is -2.01. The fraction of sp³-hybridized carbons (Fsp3) is 0.263. The second-order valence-corrected chi connectivity index (χ2v) is 5.80. The van der Waals surface area contributed by atoms with Crippen molar-refractivity contribution in [3.63, 3.8) is 0 Å². The molecule has 0 aliphatic carbocycles. The molecule has 0 saturated carbocycles. The molecule has 2 aromatic carbocycles. The van der Waals surface area contributed by atoms with Gasteiger partial charge in [0.2, 0.25) is 0 Å². The smallest absolute Gasteiger partial charge is 0.0617 e.